The van der Waals surface area contributed by atoms with Crippen molar-refractivity contribution in [1.29, 1.82) is 0 Å². The third-order valence-electron chi connectivity index (χ3n) is 3.32. The van der Waals surface area contributed by atoms with Crippen LogP contribution in [0.5, 0.6) is 0 Å². The van der Waals surface area contributed by atoms with E-state index in [1.165, 1.54) is 6.07 Å². The lowest BCUT2D eigenvalue weighted by molar-refractivity contribution is -0.154. The van der Waals surface area contributed by atoms with Gasteiger partial charge in [0.2, 0.25) is 0 Å². The maximum Gasteiger partial charge on any atom is 0.316 e. The van der Waals surface area contributed by atoms with E-state index < -0.39 is 5.41 Å². The fraction of sp³-hybridized carbons (Fsp3) is 0.462. The van der Waals surface area contributed by atoms with Gasteiger partial charge in [-0.25, -0.2) is 4.39 Å². The Morgan fingerprint density at radius 1 is 1.53 bits per heavy atom. The number of carbonyl (C=O) groups excluding carboxylic acids is 1. The molecule has 1 aromatic rings. The van der Waals surface area contributed by atoms with E-state index in [-0.39, 0.29) is 11.8 Å². The maximum absolute atomic E-state index is 13.9. The zero-order valence-electron chi connectivity index (χ0n) is 9.63. The molecular formula is C13H14BrFO2. The van der Waals surface area contributed by atoms with Gasteiger partial charge in [0.25, 0.3) is 0 Å². The van der Waals surface area contributed by atoms with Crippen molar-refractivity contribution in [3.05, 3.63) is 34.1 Å². The van der Waals surface area contributed by atoms with E-state index in [4.69, 9.17) is 4.74 Å². The van der Waals surface area contributed by atoms with Crippen LogP contribution in [0.2, 0.25) is 0 Å². The van der Waals surface area contributed by atoms with Gasteiger partial charge in [-0.05, 0) is 31.9 Å². The first-order chi connectivity index (χ1) is 8.10. The number of benzene rings is 1. The molecular weight excluding hydrogens is 287 g/mol. The van der Waals surface area contributed by atoms with Crippen LogP contribution in [0.1, 0.15) is 31.7 Å². The molecule has 0 heterocycles. The Morgan fingerprint density at radius 2 is 2.24 bits per heavy atom. The predicted octanol–water partition coefficient (Wildman–Crippen LogP) is 3.57. The van der Waals surface area contributed by atoms with Crippen molar-refractivity contribution in [1.82, 2.24) is 0 Å². The van der Waals surface area contributed by atoms with E-state index in [0.29, 0.717) is 29.5 Å². The molecule has 0 N–H and O–H groups in total. The Hall–Kier alpha value is -0.900. The van der Waals surface area contributed by atoms with Crippen LogP contribution in [0.25, 0.3) is 0 Å². The highest BCUT2D eigenvalue weighted by atomic mass is 79.9. The van der Waals surface area contributed by atoms with Crippen molar-refractivity contribution >= 4 is 21.9 Å². The number of hydrogen-bond acceptors (Lipinski definition) is 2. The van der Waals surface area contributed by atoms with Gasteiger partial charge in [0.1, 0.15) is 5.82 Å². The monoisotopic (exact) mass is 300 g/mol. The molecule has 0 spiro atoms. The van der Waals surface area contributed by atoms with Gasteiger partial charge in [-0.15, -0.1) is 0 Å². The summed E-state index contributed by atoms with van der Waals surface area (Å²) in [4.78, 5) is 12.0. The average Bonchev–Trinajstić information content (AvgIpc) is 2.20. The molecule has 1 aliphatic rings. The fourth-order valence-electron chi connectivity index (χ4n) is 2.26. The topological polar surface area (TPSA) is 26.3 Å². The Morgan fingerprint density at radius 3 is 2.71 bits per heavy atom. The number of rotatable bonds is 3. The van der Waals surface area contributed by atoms with Crippen LogP contribution >= 0.6 is 15.9 Å². The van der Waals surface area contributed by atoms with Crippen LogP contribution in [0.3, 0.4) is 0 Å². The summed E-state index contributed by atoms with van der Waals surface area (Å²) in [6.45, 7) is 2.10. The van der Waals surface area contributed by atoms with Crippen molar-refractivity contribution in [3.8, 4) is 0 Å². The van der Waals surface area contributed by atoms with Crippen molar-refractivity contribution in [3.63, 3.8) is 0 Å². The lowest BCUT2D eigenvalue weighted by Gasteiger charge is -2.39. The maximum atomic E-state index is 13.9. The molecule has 17 heavy (non-hydrogen) atoms. The highest BCUT2D eigenvalue weighted by molar-refractivity contribution is 9.10. The molecule has 0 aliphatic heterocycles. The third-order valence-corrected chi connectivity index (χ3v) is 3.81. The molecule has 1 aliphatic carbocycles. The summed E-state index contributed by atoms with van der Waals surface area (Å²) in [6.07, 6.45) is 2.28. The number of esters is 1. The van der Waals surface area contributed by atoms with E-state index in [2.05, 4.69) is 15.9 Å². The van der Waals surface area contributed by atoms with Crippen LogP contribution in [0.15, 0.2) is 22.7 Å². The van der Waals surface area contributed by atoms with Crippen LogP contribution in [-0.4, -0.2) is 12.6 Å². The number of hydrogen-bond donors (Lipinski definition) is 0. The van der Waals surface area contributed by atoms with E-state index in [0.717, 1.165) is 6.42 Å². The second-order valence-corrected chi connectivity index (χ2v) is 5.20. The number of carbonyl (C=O) groups is 1. The van der Waals surface area contributed by atoms with Gasteiger partial charge in [-0.3, -0.25) is 4.79 Å². The average molecular weight is 301 g/mol. The molecule has 0 aromatic heterocycles. The molecule has 0 atom stereocenters. The number of ether oxygens (including phenoxy) is 1. The van der Waals surface area contributed by atoms with E-state index in [1.54, 1.807) is 19.1 Å². The standard InChI is InChI=1S/C13H14BrFO2/c1-2-17-12(16)13(6-3-7-13)10-5-4-9(14)8-11(10)15/h4-5,8H,2-3,6-7H2,1H3. The number of halogens is 2. The third kappa shape index (κ3) is 2.10. The molecule has 0 bridgehead atoms. The summed E-state index contributed by atoms with van der Waals surface area (Å²) in [5.74, 6) is -0.639. The van der Waals surface area contributed by atoms with Gasteiger partial charge >= 0.3 is 5.97 Å². The molecule has 2 rings (SSSR count). The first-order valence-electron chi connectivity index (χ1n) is 5.73. The van der Waals surface area contributed by atoms with E-state index in [1.807, 2.05) is 0 Å². The molecule has 2 nitrogen and oxygen atoms in total. The minimum absolute atomic E-state index is 0.299. The molecule has 0 radical (unpaired) electrons. The molecule has 1 fully saturated rings. The first-order valence-corrected chi connectivity index (χ1v) is 6.52. The van der Waals surface area contributed by atoms with E-state index in [9.17, 15) is 9.18 Å². The van der Waals surface area contributed by atoms with Crippen molar-refractivity contribution < 1.29 is 13.9 Å². The lowest BCUT2D eigenvalue weighted by Crippen LogP contribution is -2.44. The molecule has 1 aromatic carbocycles. The zero-order valence-corrected chi connectivity index (χ0v) is 11.2. The van der Waals surface area contributed by atoms with Gasteiger partial charge in [0, 0.05) is 10.0 Å². The Kier molecular flexibility index (Phi) is 3.52. The van der Waals surface area contributed by atoms with Gasteiger partial charge in [-0.2, -0.15) is 0 Å². The second kappa shape index (κ2) is 4.77. The molecule has 0 saturated heterocycles. The summed E-state index contributed by atoms with van der Waals surface area (Å²) in [5.41, 5.74) is -0.286. The van der Waals surface area contributed by atoms with Crippen LogP contribution in [0, 0.1) is 5.82 Å². The fourth-order valence-corrected chi connectivity index (χ4v) is 2.59. The van der Waals surface area contributed by atoms with Crippen molar-refractivity contribution in [2.45, 2.75) is 31.6 Å². The normalized spacial score (nSPS) is 17.4. The Labute approximate surface area is 108 Å². The molecule has 0 amide bonds. The minimum Gasteiger partial charge on any atom is -0.465 e. The zero-order chi connectivity index (χ0) is 12.5. The summed E-state index contributed by atoms with van der Waals surface area (Å²) in [5, 5.41) is 0. The van der Waals surface area contributed by atoms with Crippen molar-refractivity contribution in [2.24, 2.45) is 0 Å². The van der Waals surface area contributed by atoms with E-state index >= 15 is 0 Å². The summed E-state index contributed by atoms with van der Waals surface area (Å²) < 4.78 is 19.7. The highest BCUT2D eigenvalue weighted by Gasteiger charge is 2.48. The Balaban J connectivity index is 2.38. The molecule has 0 unspecified atom stereocenters. The smallest absolute Gasteiger partial charge is 0.316 e. The quantitative estimate of drug-likeness (QED) is 0.798. The lowest BCUT2D eigenvalue weighted by atomic mass is 9.64. The van der Waals surface area contributed by atoms with Crippen molar-refractivity contribution in [2.75, 3.05) is 6.61 Å². The minimum atomic E-state index is -0.749. The van der Waals surface area contributed by atoms with Crippen LogP contribution in [-0.2, 0) is 14.9 Å². The van der Waals surface area contributed by atoms with Crippen LogP contribution < -0.4 is 0 Å². The van der Waals surface area contributed by atoms with Gasteiger partial charge in [-0.1, -0.05) is 28.4 Å². The largest absolute Gasteiger partial charge is 0.465 e. The molecule has 92 valence electrons. The summed E-state index contributed by atoms with van der Waals surface area (Å²) >= 11 is 3.21. The molecule has 4 heteroatoms. The van der Waals surface area contributed by atoms with Gasteiger partial charge in [0.05, 0.1) is 12.0 Å². The van der Waals surface area contributed by atoms with Gasteiger partial charge < -0.3 is 4.74 Å². The predicted molar refractivity (Wildman–Crippen MR) is 66.3 cm³/mol. The first kappa shape index (κ1) is 12.6. The summed E-state index contributed by atoms with van der Waals surface area (Å²) in [6, 6.07) is 4.84. The second-order valence-electron chi connectivity index (χ2n) is 4.28. The summed E-state index contributed by atoms with van der Waals surface area (Å²) in [7, 11) is 0. The highest BCUT2D eigenvalue weighted by Crippen LogP contribution is 2.46. The van der Waals surface area contributed by atoms with Crippen LogP contribution in [0.4, 0.5) is 4.39 Å². The van der Waals surface area contributed by atoms with Gasteiger partial charge in [0.15, 0.2) is 0 Å². The SMILES string of the molecule is CCOC(=O)C1(c2ccc(Br)cc2F)CCC1. The Bertz CT molecular complexity index is 441. The molecule has 1 saturated carbocycles.